The smallest absolute Gasteiger partial charge is 0.214 e. The summed E-state index contributed by atoms with van der Waals surface area (Å²) >= 11 is 0. The molecule has 0 unspecified atom stereocenters. The molecule has 0 aromatic heterocycles. The summed E-state index contributed by atoms with van der Waals surface area (Å²) in [5.41, 5.74) is 5.23. The van der Waals surface area contributed by atoms with Gasteiger partial charge in [-0.3, -0.25) is 5.41 Å². The molecule has 0 atom stereocenters. The summed E-state index contributed by atoms with van der Waals surface area (Å²) in [6, 6.07) is 0. The van der Waals surface area contributed by atoms with Gasteiger partial charge in [0.2, 0.25) is 10.0 Å². The van der Waals surface area contributed by atoms with E-state index in [4.69, 9.17) is 11.1 Å². The Kier molecular flexibility index (Phi) is 6.51. The molecule has 0 saturated carbocycles. The van der Waals surface area contributed by atoms with E-state index in [1.807, 2.05) is 13.8 Å². The highest BCUT2D eigenvalue weighted by Gasteiger charge is 2.20. The van der Waals surface area contributed by atoms with Gasteiger partial charge in [0, 0.05) is 6.54 Å². The molecule has 3 N–H and O–H groups in total. The van der Waals surface area contributed by atoms with Crippen LogP contribution in [0.15, 0.2) is 0 Å². The minimum absolute atomic E-state index is 0.0138. The summed E-state index contributed by atoms with van der Waals surface area (Å²) < 4.78 is 24.9. The number of hydrogen-bond donors (Lipinski definition) is 2. The molecule has 0 radical (unpaired) electrons. The quantitative estimate of drug-likeness (QED) is 0.481. The lowest BCUT2D eigenvalue weighted by molar-refractivity contribution is 0.446. The molecule has 0 aromatic carbocycles. The van der Waals surface area contributed by atoms with Crippen molar-refractivity contribution in [1.82, 2.24) is 4.31 Å². The fourth-order valence-corrected chi connectivity index (χ4v) is 2.92. The summed E-state index contributed by atoms with van der Waals surface area (Å²) in [7, 11) is -3.23. The molecule has 0 aliphatic heterocycles. The van der Waals surface area contributed by atoms with E-state index in [1.165, 1.54) is 4.31 Å². The Hall–Kier alpha value is -0.620. The lowest BCUT2D eigenvalue weighted by Gasteiger charge is -2.20. The van der Waals surface area contributed by atoms with Gasteiger partial charge in [0.05, 0.1) is 12.3 Å². The SMILES string of the molecule is CCCCS(=O)(=O)N(CCC)CC(=N)N. The van der Waals surface area contributed by atoms with Gasteiger partial charge in [0.15, 0.2) is 0 Å². The number of rotatable bonds is 8. The van der Waals surface area contributed by atoms with Crippen LogP contribution in [-0.4, -0.2) is 37.4 Å². The predicted molar refractivity (Wildman–Crippen MR) is 62.5 cm³/mol. The maximum absolute atomic E-state index is 11.8. The van der Waals surface area contributed by atoms with Crippen molar-refractivity contribution in [1.29, 1.82) is 5.41 Å². The first kappa shape index (κ1) is 14.4. The summed E-state index contributed by atoms with van der Waals surface area (Å²) in [5.74, 6) is 0.0417. The van der Waals surface area contributed by atoms with Crippen LogP contribution in [0.4, 0.5) is 0 Å². The maximum atomic E-state index is 11.8. The van der Waals surface area contributed by atoms with E-state index in [0.717, 1.165) is 12.8 Å². The van der Waals surface area contributed by atoms with Crippen LogP contribution in [0.3, 0.4) is 0 Å². The molecule has 0 aromatic rings. The van der Waals surface area contributed by atoms with Gasteiger partial charge in [0.1, 0.15) is 5.84 Å². The largest absolute Gasteiger partial charge is 0.387 e. The van der Waals surface area contributed by atoms with Crippen LogP contribution in [0, 0.1) is 5.41 Å². The van der Waals surface area contributed by atoms with Crippen LogP contribution < -0.4 is 5.73 Å². The average molecular weight is 235 g/mol. The van der Waals surface area contributed by atoms with Crippen LogP contribution in [0.2, 0.25) is 0 Å². The summed E-state index contributed by atoms with van der Waals surface area (Å²) in [5, 5.41) is 7.13. The van der Waals surface area contributed by atoms with Gasteiger partial charge in [-0.05, 0) is 12.8 Å². The highest BCUT2D eigenvalue weighted by molar-refractivity contribution is 7.89. The van der Waals surface area contributed by atoms with Gasteiger partial charge in [0.25, 0.3) is 0 Å². The number of nitrogens with one attached hydrogen (secondary N) is 1. The van der Waals surface area contributed by atoms with Crippen molar-refractivity contribution in [2.45, 2.75) is 33.1 Å². The molecule has 0 amide bonds. The second-order valence-corrected chi connectivity index (χ2v) is 5.62. The van der Waals surface area contributed by atoms with E-state index in [-0.39, 0.29) is 18.1 Å². The fourth-order valence-electron chi connectivity index (χ4n) is 1.21. The van der Waals surface area contributed by atoms with Crippen LogP contribution in [0.5, 0.6) is 0 Å². The number of hydrogen-bond acceptors (Lipinski definition) is 3. The van der Waals surface area contributed by atoms with E-state index >= 15 is 0 Å². The minimum Gasteiger partial charge on any atom is -0.387 e. The van der Waals surface area contributed by atoms with Gasteiger partial charge in [-0.2, -0.15) is 4.31 Å². The summed E-state index contributed by atoms with van der Waals surface area (Å²) in [6.45, 7) is 4.30. The zero-order chi connectivity index (χ0) is 11.9. The molecule has 0 spiro atoms. The molecule has 0 rings (SSSR count). The van der Waals surface area contributed by atoms with Crippen molar-refractivity contribution >= 4 is 15.9 Å². The summed E-state index contributed by atoms with van der Waals surface area (Å²) in [6.07, 6.45) is 2.23. The molecule has 0 aliphatic carbocycles. The third kappa shape index (κ3) is 5.74. The third-order valence-electron chi connectivity index (χ3n) is 1.97. The van der Waals surface area contributed by atoms with Crippen molar-refractivity contribution < 1.29 is 8.42 Å². The Bertz CT molecular complexity index is 288. The van der Waals surface area contributed by atoms with E-state index < -0.39 is 10.0 Å². The molecule has 0 aliphatic rings. The first-order valence-electron chi connectivity index (χ1n) is 5.24. The molecule has 0 bridgehead atoms. The topological polar surface area (TPSA) is 87.2 Å². The number of nitrogens with two attached hydrogens (primary N) is 1. The van der Waals surface area contributed by atoms with Gasteiger partial charge >= 0.3 is 0 Å². The fraction of sp³-hybridized carbons (Fsp3) is 0.889. The highest BCUT2D eigenvalue weighted by Crippen LogP contribution is 2.05. The molecule has 0 heterocycles. The van der Waals surface area contributed by atoms with Crippen LogP contribution in [0.25, 0.3) is 0 Å². The molecule has 0 fully saturated rings. The lowest BCUT2D eigenvalue weighted by Crippen LogP contribution is -2.39. The van der Waals surface area contributed by atoms with Crippen molar-refractivity contribution in [3.8, 4) is 0 Å². The van der Waals surface area contributed by atoms with Crippen molar-refractivity contribution in [2.24, 2.45) is 5.73 Å². The normalized spacial score (nSPS) is 11.9. The second kappa shape index (κ2) is 6.79. The monoisotopic (exact) mass is 235 g/mol. The molecular weight excluding hydrogens is 214 g/mol. The lowest BCUT2D eigenvalue weighted by atomic mass is 10.4. The zero-order valence-electron chi connectivity index (χ0n) is 9.49. The molecular formula is C9H21N3O2S. The molecule has 6 heteroatoms. The molecule has 90 valence electrons. The molecule has 15 heavy (non-hydrogen) atoms. The zero-order valence-corrected chi connectivity index (χ0v) is 10.3. The van der Waals surface area contributed by atoms with Crippen molar-refractivity contribution in [3.63, 3.8) is 0 Å². The molecule has 0 saturated heterocycles. The van der Waals surface area contributed by atoms with Gasteiger partial charge in [-0.1, -0.05) is 20.3 Å². The second-order valence-electron chi connectivity index (χ2n) is 3.53. The Morgan fingerprint density at radius 3 is 2.33 bits per heavy atom. The van der Waals surface area contributed by atoms with E-state index in [0.29, 0.717) is 13.0 Å². The summed E-state index contributed by atoms with van der Waals surface area (Å²) in [4.78, 5) is 0. The standard InChI is InChI=1S/C9H21N3O2S/c1-3-5-7-15(13,14)12(6-4-2)8-9(10)11/h3-8H2,1-2H3,(H3,10,11). The van der Waals surface area contributed by atoms with E-state index in [2.05, 4.69) is 0 Å². The van der Waals surface area contributed by atoms with E-state index in [9.17, 15) is 8.42 Å². The number of nitrogens with zero attached hydrogens (tertiary/aromatic N) is 1. The highest BCUT2D eigenvalue weighted by atomic mass is 32.2. The maximum Gasteiger partial charge on any atom is 0.214 e. The Labute approximate surface area is 92.2 Å². The molecule has 5 nitrogen and oxygen atoms in total. The first-order chi connectivity index (χ1) is 6.94. The average Bonchev–Trinajstić information content (AvgIpc) is 2.13. The Morgan fingerprint density at radius 1 is 1.33 bits per heavy atom. The minimum atomic E-state index is -3.23. The van der Waals surface area contributed by atoms with Crippen LogP contribution in [-0.2, 0) is 10.0 Å². The van der Waals surface area contributed by atoms with Crippen LogP contribution in [0.1, 0.15) is 33.1 Å². The number of sulfonamides is 1. The van der Waals surface area contributed by atoms with Crippen molar-refractivity contribution in [3.05, 3.63) is 0 Å². The van der Waals surface area contributed by atoms with Crippen LogP contribution >= 0.6 is 0 Å². The van der Waals surface area contributed by atoms with Gasteiger partial charge in [-0.25, -0.2) is 8.42 Å². The predicted octanol–water partition coefficient (Wildman–Crippen LogP) is 0.764. The number of unbranched alkanes of at least 4 members (excludes halogenated alkanes) is 1. The van der Waals surface area contributed by atoms with Gasteiger partial charge < -0.3 is 5.73 Å². The first-order valence-corrected chi connectivity index (χ1v) is 6.85. The third-order valence-corrected chi connectivity index (χ3v) is 3.87. The van der Waals surface area contributed by atoms with E-state index in [1.54, 1.807) is 0 Å². The Balaban J connectivity index is 4.51. The Morgan fingerprint density at radius 2 is 1.93 bits per heavy atom. The van der Waals surface area contributed by atoms with Gasteiger partial charge in [-0.15, -0.1) is 0 Å². The number of amidine groups is 1. The van der Waals surface area contributed by atoms with Crippen molar-refractivity contribution in [2.75, 3.05) is 18.8 Å².